The van der Waals surface area contributed by atoms with Crippen LogP contribution in [0.2, 0.25) is 5.02 Å². The maximum Gasteiger partial charge on any atom is 0.339 e. The van der Waals surface area contributed by atoms with E-state index in [1.165, 1.54) is 0 Å². The smallest absolute Gasteiger partial charge is 0.339 e. The molecule has 0 unspecified atom stereocenters. The monoisotopic (exact) mass is 311 g/mol. The van der Waals surface area contributed by atoms with E-state index in [9.17, 15) is 4.79 Å². The lowest BCUT2D eigenvalue weighted by atomic mass is 9.90. The highest BCUT2D eigenvalue weighted by Crippen LogP contribution is 2.34. The first kappa shape index (κ1) is 13.5. The van der Waals surface area contributed by atoms with Gasteiger partial charge in [-0.2, -0.15) is 0 Å². The molecule has 0 spiro atoms. The van der Waals surface area contributed by atoms with Crippen LogP contribution in [0.4, 0.5) is 0 Å². The molecule has 0 saturated heterocycles. The first-order valence-corrected chi connectivity index (χ1v) is 7.81. The Morgan fingerprint density at radius 3 is 2.68 bits per heavy atom. The van der Waals surface area contributed by atoms with Crippen molar-refractivity contribution >= 4 is 22.6 Å². The molecule has 0 aliphatic heterocycles. The van der Waals surface area contributed by atoms with Crippen LogP contribution in [0, 0.1) is 0 Å². The Hall–Kier alpha value is -2.13. The molecule has 1 aromatic carbocycles. The summed E-state index contributed by atoms with van der Waals surface area (Å²) in [7, 11) is 0. The number of aromatic nitrogens is 1. The number of fused-ring (bicyclic) bond motifs is 3. The summed E-state index contributed by atoms with van der Waals surface area (Å²) in [5.74, 6) is 0. The molecular weight excluding hydrogens is 298 g/mol. The minimum absolute atomic E-state index is 0.212. The van der Waals surface area contributed by atoms with Gasteiger partial charge < -0.3 is 4.42 Å². The van der Waals surface area contributed by atoms with E-state index in [1.54, 1.807) is 6.20 Å². The van der Waals surface area contributed by atoms with E-state index in [-0.39, 0.29) is 5.63 Å². The minimum atomic E-state index is -0.212. The predicted octanol–water partition coefficient (Wildman–Crippen LogP) is 4.39. The minimum Gasteiger partial charge on any atom is -0.422 e. The number of nitrogens with zero attached hydrogens (tertiary/aromatic N) is 1. The zero-order valence-electron chi connectivity index (χ0n) is 11.9. The van der Waals surface area contributed by atoms with Crippen LogP contribution >= 0.6 is 11.6 Å². The van der Waals surface area contributed by atoms with Crippen molar-refractivity contribution in [1.82, 2.24) is 4.98 Å². The van der Waals surface area contributed by atoms with Crippen LogP contribution in [0.25, 0.3) is 22.2 Å². The summed E-state index contributed by atoms with van der Waals surface area (Å²) in [4.78, 5) is 16.5. The van der Waals surface area contributed by atoms with Crippen LogP contribution in [0.15, 0.2) is 45.7 Å². The van der Waals surface area contributed by atoms with Crippen molar-refractivity contribution in [2.45, 2.75) is 25.7 Å². The molecule has 1 aliphatic rings. The summed E-state index contributed by atoms with van der Waals surface area (Å²) >= 11 is 6.46. The van der Waals surface area contributed by atoms with Crippen LogP contribution in [0.5, 0.6) is 0 Å². The Morgan fingerprint density at radius 2 is 1.91 bits per heavy atom. The third-order valence-corrected chi connectivity index (χ3v) is 4.56. The van der Waals surface area contributed by atoms with Crippen LogP contribution in [0.3, 0.4) is 0 Å². The molecule has 0 atom stereocenters. The van der Waals surface area contributed by atoms with Gasteiger partial charge in [-0.15, -0.1) is 0 Å². The highest BCUT2D eigenvalue weighted by Gasteiger charge is 2.19. The maximum absolute atomic E-state index is 12.2. The molecule has 0 saturated carbocycles. The highest BCUT2D eigenvalue weighted by atomic mass is 35.5. The van der Waals surface area contributed by atoms with Crippen LogP contribution in [-0.4, -0.2) is 4.98 Å². The number of pyridine rings is 1. The standard InChI is InChI=1S/C18H14ClNO2/c19-15-9-13-11-5-1-2-6-12(11)18(21)22-17(13)10-14(15)16-7-3-4-8-20-16/h3-4,7-10H,1-2,5-6H2. The SMILES string of the molecule is O=c1oc2cc(-c3ccccn3)c(Cl)cc2c2c1CCCC2. The molecule has 22 heavy (non-hydrogen) atoms. The zero-order chi connectivity index (χ0) is 15.1. The molecule has 2 aromatic heterocycles. The van der Waals surface area contributed by atoms with Gasteiger partial charge in [0.2, 0.25) is 0 Å². The van der Waals surface area contributed by atoms with Gasteiger partial charge in [-0.3, -0.25) is 4.98 Å². The fourth-order valence-corrected chi connectivity index (χ4v) is 3.44. The molecule has 0 amide bonds. The Bertz CT molecular complexity index is 916. The van der Waals surface area contributed by atoms with Crippen molar-refractivity contribution < 1.29 is 4.42 Å². The van der Waals surface area contributed by atoms with Crippen molar-refractivity contribution in [2.24, 2.45) is 0 Å². The number of benzene rings is 1. The molecule has 0 fully saturated rings. The van der Waals surface area contributed by atoms with E-state index in [4.69, 9.17) is 16.0 Å². The first-order valence-electron chi connectivity index (χ1n) is 7.43. The third kappa shape index (κ3) is 2.13. The second-order valence-electron chi connectivity index (χ2n) is 5.60. The lowest BCUT2D eigenvalue weighted by molar-refractivity contribution is 0.534. The van der Waals surface area contributed by atoms with Crippen molar-refractivity contribution in [3.05, 3.63) is 63.1 Å². The number of rotatable bonds is 1. The van der Waals surface area contributed by atoms with Gasteiger partial charge in [-0.1, -0.05) is 17.7 Å². The lowest BCUT2D eigenvalue weighted by Crippen LogP contribution is -2.15. The molecular formula is C18H14ClNO2. The van der Waals surface area contributed by atoms with Crippen LogP contribution in [-0.2, 0) is 12.8 Å². The van der Waals surface area contributed by atoms with Gasteiger partial charge in [-0.05, 0) is 55.5 Å². The van der Waals surface area contributed by atoms with E-state index in [0.29, 0.717) is 10.6 Å². The van der Waals surface area contributed by atoms with Gasteiger partial charge in [0.25, 0.3) is 0 Å². The van der Waals surface area contributed by atoms with Gasteiger partial charge in [0.1, 0.15) is 5.58 Å². The van der Waals surface area contributed by atoms with Crippen LogP contribution < -0.4 is 5.63 Å². The van der Waals surface area contributed by atoms with Gasteiger partial charge in [0.15, 0.2) is 0 Å². The fraction of sp³-hybridized carbons (Fsp3) is 0.222. The second kappa shape index (κ2) is 5.25. The van der Waals surface area contributed by atoms with E-state index in [2.05, 4.69) is 4.98 Å². The molecule has 0 radical (unpaired) electrons. The van der Waals surface area contributed by atoms with E-state index < -0.39 is 0 Å². The largest absolute Gasteiger partial charge is 0.422 e. The molecule has 1 aliphatic carbocycles. The number of halogens is 1. The van der Waals surface area contributed by atoms with Crippen molar-refractivity contribution in [3.8, 4) is 11.3 Å². The summed E-state index contributed by atoms with van der Waals surface area (Å²) in [6.07, 6.45) is 5.58. The maximum atomic E-state index is 12.2. The Labute approximate surface area is 132 Å². The zero-order valence-corrected chi connectivity index (χ0v) is 12.7. The topological polar surface area (TPSA) is 43.1 Å². The molecule has 2 heterocycles. The molecule has 3 aromatic rings. The molecule has 4 heteroatoms. The quantitative estimate of drug-likeness (QED) is 0.626. The van der Waals surface area contributed by atoms with Crippen molar-refractivity contribution in [1.29, 1.82) is 0 Å². The number of hydrogen-bond donors (Lipinski definition) is 0. The van der Waals surface area contributed by atoms with Crippen LogP contribution in [0.1, 0.15) is 24.0 Å². The Kier molecular flexibility index (Phi) is 3.23. The highest BCUT2D eigenvalue weighted by molar-refractivity contribution is 6.34. The molecule has 110 valence electrons. The predicted molar refractivity (Wildman–Crippen MR) is 87.4 cm³/mol. The summed E-state index contributed by atoms with van der Waals surface area (Å²) in [5, 5.41) is 1.59. The molecule has 0 bridgehead atoms. The van der Waals surface area contributed by atoms with E-state index in [1.807, 2.05) is 30.3 Å². The molecule has 0 N–H and O–H groups in total. The van der Waals surface area contributed by atoms with E-state index in [0.717, 1.165) is 53.5 Å². The number of hydrogen-bond acceptors (Lipinski definition) is 3. The van der Waals surface area contributed by atoms with Gasteiger partial charge in [0.05, 0.1) is 10.7 Å². The first-order chi connectivity index (χ1) is 10.7. The van der Waals surface area contributed by atoms with Gasteiger partial charge >= 0.3 is 5.63 Å². The summed E-state index contributed by atoms with van der Waals surface area (Å²) in [6.45, 7) is 0. The van der Waals surface area contributed by atoms with Gasteiger partial charge in [0, 0.05) is 22.7 Å². The Balaban J connectivity index is 2.01. The van der Waals surface area contributed by atoms with Gasteiger partial charge in [-0.25, -0.2) is 4.79 Å². The van der Waals surface area contributed by atoms with Crippen molar-refractivity contribution in [3.63, 3.8) is 0 Å². The average molecular weight is 312 g/mol. The second-order valence-corrected chi connectivity index (χ2v) is 6.00. The summed E-state index contributed by atoms with van der Waals surface area (Å²) < 4.78 is 5.54. The summed E-state index contributed by atoms with van der Waals surface area (Å²) in [6, 6.07) is 9.40. The normalized spacial score (nSPS) is 14.0. The number of aryl methyl sites for hydroxylation is 1. The average Bonchev–Trinajstić information content (AvgIpc) is 2.56. The third-order valence-electron chi connectivity index (χ3n) is 4.25. The Morgan fingerprint density at radius 1 is 1.09 bits per heavy atom. The van der Waals surface area contributed by atoms with E-state index >= 15 is 0 Å². The lowest BCUT2D eigenvalue weighted by Gasteiger charge is -2.16. The molecule has 3 nitrogen and oxygen atoms in total. The molecule has 4 rings (SSSR count). The summed E-state index contributed by atoms with van der Waals surface area (Å²) in [5.41, 5.74) is 3.86. The fourth-order valence-electron chi connectivity index (χ4n) is 3.18. The van der Waals surface area contributed by atoms with Crippen molar-refractivity contribution in [2.75, 3.05) is 0 Å².